The number of aryl methyl sites for hydroxylation is 1. The predicted octanol–water partition coefficient (Wildman–Crippen LogP) is 5.12. The van der Waals surface area contributed by atoms with Crippen LogP contribution < -0.4 is 0 Å². The van der Waals surface area contributed by atoms with Crippen molar-refractivity contribution in [3.8, 4) is 0 Å². The maximum Gasteiger partial charge on any atom is -0.0159 e. The first-order valence-electron chi connectivity index (χ1n) is 6.65. The van der Waals surface area contributed by atoms with Crippen molar-refractivity contribution in [3.63, 3.8) is 0 Å². The van der Waals surface area contributed by atoms with Gasteiger partial charge in [0.1, 0.15) is 0 Å². The van der Waals surface area contributed by atoms with Crippen molar-refractivity contribution in [1.82, 2.24) is 0 Å². The Morgan fingerprint density at radius 1 is 0.938 bits per heavy atom. The third kappa shape index (κ3) is 2.16. The van der Waals surface area contributed by atoms with Gasteiger partial charge in [0.2, 0.25) is 0 Å². The first-order valence-corrected chi connectivity index (χ1v) is 6.65. The summed E-state index contributed by atoms with van der Waals surface area (Å²) in [7, 11) is 0. The third-order valence-corrected chi connectivity index (χ3v) is 3.73. The Morgan fingerprint density at radius 2 is 1.50 bits per heavy atom. The molecule has 0 nitrogen and oxygen atoms in total. The number of hydrogen-bond donors (Lipinski definition) is 0. The summed E-state index contributed by atoms with van der Waals surface area (Å²) in [6.07, 6.45) is 2.81. The molecule has 0 heterocycles. The Bertz CT molecular complexity index is 381. The van der Waals surface area contributed by atoms with Gasteiger partial charge in [-0.1, -0.05) is 39.8 Å². The zero-order valence-corrected chi connectivity index (χ0v) is 11.3. The lowest BCUT2D eigenvalue weighted by Gasteiger charge is -2.18. The normalized spacial score (nSPS) is 16.2. The molecule has 0 unspecified atom stereocenters. The molecule has 0 saturated heterocycles. The second kappa shape index (κ2) is 4.24. The minimum atomic E-state index is 0.652. The molecule has 0 amide bonds. The van der Waals surface area contributed by atoms with E-state index in [4.69, 9.17) is 0 Å². The summed E-state index contributed by atoms with van der Waals surface area (Å²) in [6, 6.07) is 4.93. The first kappa shape index (κ1) is 11.7. The predicted molar refractivity (Wildman–Crippen MR) is 71.3 cm³/mol. The molecule has 0 N–H and O–H groups in total. The molecular formula is C16H24. The molecule has 0 atom stereocenters. The molecule has 0 radical (unpaired) electrons. The lowest BCUT2D eigenvalue weighted by Crippen LogP contribution is -2.01. The molecule has 1 aliphatic rings. The van der Waals surface area contributed by atoms with E-state index in [-0.39, 0.29) is 0 Å². The summed E-state index contributed by atoms with van der Waals surface area (Å²) >= 11 is 0. The SMILES string of the molecule is Cc1cc(C(C)C)c(C2CC2)cc1C(C)C. The van der Waals surface area contributed by atoms with Crippen LogP contribution >= 0.6 is 0 Å². The van der Waals surface area contributed by atoms with Crippen LogP contribution in [0.3, 0.4) is 0 Å². The van der Waals surface area contributed by atoms with E-state index in [1.807, 2.05) is 0 Å². The fourth-order valence-electron chi connectivity index (χ4n) is 2.63. The van der Waals surface area contributed by atoms with E-state index >= 15 is 0 Å². The highest BCUT2D eigenvalue weighted by Crippen LogP contribution is 2.44. The van der Waals surface area contributed by atoms with Crippen LogP contribution in [0.4, 0.5) is 0 Å². The van der Waals surface area contributed by atoms with Gasteiger partial charge in [0.25, 0.3) is 0 Å². The summed E-state index contributed by atoms with van der Waals surface area (Å²) in [5.74, 6) is 2.18. The highest BCUT2D eigenvalue weighted by molar-refractivity contribution is 5.44. The Labute approximate surface area is 100 Å². The van der Waals surface area contributed by atoms with Crippen molar-refractivity contribution in [3.05, 3.63) is 34.4 Å². The quantitative estimate of drug-likeness (QED) is 0.658. The maximum absolute atomic E-state index is 2.49. The van der Waals surface area contributed by atoms with E-state index < -0.39 is 0 Å². The molecular weight excluding hydrogens is 192 g/mol. The molecule has 2 rings (SSSR count). The molecule has 0 spiro atoms. The van der Waals surface area contributed by atoms with Crippen LogP contribution in [0.2, 0.25) is 0 Å². The van der Waals surface area contributed by atoms with Crippen LogP contribution in [0.5, 0.6) is 0 Å². The largest absolute Gasteiger partial charge is 0.0587 e. The Hall–Kier alpha value is -0.780. The van der Waals surface area contributed by atoms with Gasteiger partial charge in [-0.25, -0.2) is 0 Å². The van der Waals surface area contributed by atoms with Crippen LogP contribution in [0.1, 0.15) is 80.5 Å². The van der Waals surface area contributed by atoms with Gasteiger partial charge in [-0.3, -0.25) is 0 Å². The number of benzene rings is 1. The fraction of sp³-hybridized carbons (Fsp3) is 0.625. The van der Waals surface area contributed by atoms with Gasteiger partial charge in [0.05, 0.1) is 0 Å². The van der Waals surface area contributed by atoms with Crippen LogP contribution in [0, 0.1) is 6.92 Å². The van der Waals surface area contributed by atoms with Crippen LogP contribution in [0.15, 0.2) is 12.1 Å². The van der Waals surface area contributed by atoms with Crippen molar-refractivity contribution < 1.29 is 0 Å². The summed E-state index contributed by atoms with van der Waals surface area (Å²) in [5, 5.41) is 0. The van der Waals surface area contributed by atoms with Gasteiger partial charge < -0.3 is 0 Å². The number of hydrogen-bond acceptors (Lipinski definition) is 0. The van der Waals surface area contributed by atoms with Gasteiger partial charge in [-0.2, -0.15) is 0 Å². The Balaban J connectivity index is 2.50. The van der Waals surface area contributed by atoms with Crippen molar-refractivity contribution in [2.75, 3.05) is 0 Å². The summed E-state index contributed by atoms with van der Waals surface area (Å²) in [6.45, 7) is 11.5. The number of rotatable bonds is 3. The van der Waals surface area contributed by atoms with Crippen molar-refractivity contribution in [2.24, 2.45) is 0 Å². The van der Waals surface area contributed by atoms with Gasteiger partial charge in [0.15, 0.2) is 0 Å². The molecule has 1 aromatic carbocycles. The highest BCUT2D eigenvalue weighted by Gasteiger charge is 2.27. The third-order valence-electron chi connectivity index (χ3n) is 3.73. The first-order chi connectivity index (χ1) is 7.50. The van der Waals surface area contributed by atoms with Crippen molar-refractivity contribution >= 4 is 0 Å². The zero-order chi connectivity index (χ0) is 11.9. The van der Waals surface area contributed by atoms with Crippen LogP contribution in [0.25, 0.3) is 0 Å². The minimum absolute atomic E-state index is 0.652. The van der Waals surface area contributed by atoms with E-state index in [2.05, 4.69) is 46.8 Å². The maximum atomic E-state index is 2.49. The topological polar surface area (TPSA) is 0 Å². The van der Waals surface area contributed by atoms with Crippen molar-refractivity contribution in [2.45, 2.75) is 65.2 Å². The van der Waals surface area contributed by atoms with Crippen LogP contribution in [-0.4, -0.2) is 0 Å². The molecule has 1 saturated carbocycles. The van der Waals surface area contributed by atoms with E-state index in [1.165, 1.54) is 18.4 Å². The molecule has 0 aromatic heterocycles. The van der Waals surface area contributed by atoms with Gasteiger partial charge >= 0.3 is 0 Å². The van der Waals surface area contributed by atoms with Gasteiger partial charge in [0, 0.05) is 0 Å². The molecule has 1 aliphatic carbocycles. The monoisotopic (exact) mass is 216 g/mol. The smallest absolute Gasteiger partial charge is 0.0159 e. The molecule has 0 aliphatic heterocycles. The summed E-state index contributed by atoms with van der Waals surface area (Å²) < 4.78 is 0. The second-order valence-electron chi connectivity index (χ2n) is 5.92. The second-order valence-corrected chi connectivity index (χ2v) is 5.92. The van der Waals surface area contributed by atoms with Crippen LogP contribution in [-0.2, 0) is 0 Å². The Morgan fingerprint density at radius 3 is 1.94 bits per heavy atom. The lowest BCUT2D eigenvalue weighted by atomic mass is 9.87. The van der Waals surface area contributed by atoms with Gasteiger partial charge in [-0.05, 0) is 59.8 Å². The Kier molecular flexibility index (Phi) is 3.10. The molecule has 0 heteroatoms. The van der Waals surface area contributed by atoms with Gasteiger partial charge in [-0.15, -0.1) is 0 Å². The standard InChI is InChI=1S/C16H24/c1-10(2)14-9-16(13-6-7-13)15(11(3)4)8-12(14)5/h8-11,13H,6-7H2,1-5H3. The zero-order valence-electron chi connectivity index (χ0n) is 11.3. The molecule has 16 heavy (non-hydrogen) atoms. The summed E-state index contributed by atoms with van der Waals surface area (Å²) in [5.41, 5.74) is 6.25. The van der Waals surface area contributed by atoms with E-state index in [1.54, 1.807) is 16.7 Å². The van der Waals surface area contributed by atoms with E-state index in [0.717, 1.165) is 5.92 Å². The molecule has 88 valence electrons. The average Bonchev–Trinajstić information content (AvgIpc) is 3.00. The lowest BCUT2D eigenvalue weighted by molar-refractivity contribution is 0.815. The average molecular weight is 216 g/mol. The highest BCUT2D eigenvalue weighted by atomic mass is 14.3. The van der Waals surface area contributed by atoms with Crippen molar-refractivity contribution in [1.29, 1.82) is 0 Å². The van der Waals surface area contributed by atoms with E-state index in [9.17, 15) is 0 Å². The van der Waals surface area contributed by atoms with E-state index in [0.29, 0.717) is 11.8 Å². The fourth-order valence-corrected chi connectivity index (χ4v) is 2.63. The minimum Gasteiger partial charge on any atom is -0.0587 e. The molecule has 1 aromatic rings. The molecule has 1 fully saturated rings. The molecule has 0 bridgehead atoms. The summed E-state index contributed by atoms with van der Waals surface area (Å²) in [4.78, 5) is 0.